The molecule has 0 aromatic rings. The van der Waals surface area contributed by atoms with Crippen LogP contribution >= 0.6 is 15.2 Å². The summed E-state index contributed by atoms with van der Waals surface area (Å²) in [6, 6.07) is 0. The zero-order valence-electron chi connectivity index (χ0n) is 7.08. The molecule has 7 nitrogen and oxygen atoms in total. The molecule has 84 valence electrons. The van der Waals surface area contributed by atoms with Crippen molar-refractivity contribution in [1.29, 1.82) is 0 Å². The van der Waals surface area contributed by atoms with Gasteiger partial charge in [-0.2, -0.15) is 0 Å². The van der Waals surface area contributed by atoms with Gasteiger partial charge in [0.15, 0.2) is 0 Å². The van der Waals surface area contributed by atoms with Gasteiger partial charge in [-0.05, 0) is 12.6 Å². The summed E-state index contributed by atoms with van der Waals surface area (Å²) in [5, 5.41) is 0. The molecule has 0 aliphatic carbocycles. The van der Waals surface area contributed by atoms with Crippen molar-refractivity contribution in [3.8, 4) is 0 Å². The SMILES string of the molecule is O=C(CCCP(=O)([O-])[O-])CP(=O)([O-])[O-]. The number of rotatable bonds is 6. The van der Waals surface area contributed by atoms with E-state index in [2.05, 4.69) is 0 Å². The maximum Gasteiger partial charge on any atom is 0.137 e. The molecular formula is C5H8O7P2-4. The van der Waals surface area contributed by atoms with E-state index in [1.165, 1.54) is 0 Å². The highest BCUT2D eigenvalue weighted by molar-refractivity contribution is 7.50. The molecule has 14 heavy (non-hydrogen) atoms. The highest BCUT2D eigenvalue weighted by Gasteiger charge is 2.04. The Bertz CT molecular complexity index is 286. The molecule has 0 heterocycles. The van der Waals surface area contributed by atoms with Gasteiger partial charge in [-0.3, -0.25) is 4.79 Å². The average molecular weight is 242 g/mol. The molecule has 0 saturated heterocycles. The highest BCUT2D eigenvalue weighted by atomic mass is 31.2. The van der Waals surface area contributed by atoms with E-state index in [1.54, 1.807) is 0 Å². The third kappa shape index (κ3) is 10.1. The summed E-state index contributed by atoms with van der Waals surface area (Å²) in [4.78, 5) is 51.0. The third-order valence-electron chi connectivity index (χ3n) is 1.26. The van der Waals surface area contributed by atoms with Crippen LogP contribution in [0, 0.1) is 0 Å². The normalized spacial score (nSPS) is 12.9. The van der Waals surface area contributed by atoms with E-state index in [9.17, 15) is 33.5 Å². The first-order valence-electron chi connectivity index (χ1n) is 3.64. The van der Waals surface area contributed by atoms with Gasteiger partial charge >= 0.3 is 0 Å². The van der Waals surface area contributed by atoms with Gasteiger partial charge in [-0.25, -0.2) is 0 Å². The summed E-state index contributed by atoms with van der Waals surface area (Å²) in [6.45, 7) is 0. The average Bonchev–Trinajstić information content (AvgIpc) is 1.78. The fraction of sp³-hybridized carbons (Fsp3) is 0.800. The zero-order valence-corrected chi connectivity index (χ0v) is 8.87. The van der Waals surface area contributed by atoms with E-state index >= 15 is 0 Å². The van der Waals surface area contributed by atoms with E-state index in [4.69, 9.17) is 0 Å². The van der Waals surface area contributed by atoms with Crippen LogP contribution in [0.4, 0.5) is 0 Å². The molecule has 0 amide bonds. The van der Waals surface area contributed by atoms with Gasteiger partial charge in [0.05, 0.1) is 0 Å². The Morgan fingerprint density at radius 3 is 1.86 bits per heavy atom. The van der Waals surface area contributed by atoms with Gasteiger partial charge < -0.3 is 28.7 Å². The molecule has 0 rings (SSSR count). The van der Waals surface area contributed by atoms with E-state index in [1.807, 2.05) is 0 Å². The first kappa shape index (κ1) is 14.0. The molecule has 0 aromatic heterocycles. The van der Waals surface area contributed by atoms with Gasteiger partial charge in [-0.1, -0.05) is 15.2 Å². The Labute approximate surface area is 80.5 Å². The molecule has 0 atom stereocenters. The molecule has 0 radical (unpaired) electrons. The minimum Gasteiger partial charge on any atom is -0.811 e. The molecule has 0 fully saturated rings. The second-order valence-electron chi connectivity index (χ2n) is 2.75. The summed E-state index contributed by atoms with van der Waals surface area (Å²) < 4.78 is 20.2. The lowest BCUT2D eigenvalue weighted by atomic mass is 10.2. The number of ketones is 1. The van der Waals surface area contributed by atoms with Crippen molar-refractivity contribution in [3.63, 3.8) is 0 Å². The number of hydrogen-bond donors (Lipinski definition) is 0. The molecule has 0 aliphatic rings. The first-order valence-corrected chi connectivity index (χ1v) is 7.09. The Balaban J connectivity index is 3.77. The van der Waals surface area contributed by atoms with E-state index in [-0.39, 0.29) is 12.8 Å². The lowest BCUT2D eigenvalue weighted by Gasteiger charge is -2.30. The van der Waals surface area contributed by atoms with Crippen molar-refractivity contribution in [1.82, 2.24) is 0 Å². The summed E-state index contributed by atoms with van der Waals surface area (Å²) in [5.74, 6) is -0.869. The minimum atomic E-state index is -4.88. The number of carbonyl (C=O) groups is 1. The van der Waals surface area contributed by atoms with Crippen molar-refractivity contribution < 1.29 is 33.5 Å². The first-order chi connectivity index (χ1) is 6.10. The summed E-state index contributed by atoms with van der Waals surface area (Å²) in [7, 11) is -9.53. The maximum atomic E-state index is 10.7. The lowest BCUT2D eigenvalue weighted by Crippen LogP contribution is -2.22. The topological polar surface area (TPSA) is 143 Å². The van der Waals surface area contributed by atoms with Gasteiger partial charge in [0.25, 0.3) is 0 Å². The maximum absolute atomic E-state index is 10.7. The van der Waals surface area contributed by atoms with Gasteiger partial charge in [0, 0.05) is 12.6 Å². The monoisotopic (exact) mass is 242 g/mol. The lowest BCUT2D eigenvalue weighted by molar-refractivity contribution is -0.314. The van der Waals surface area contributed by atoms with Crippen molar-refractivity contribution in [2.24, 2.45) is 0 Å². The standard InChI is InChI=1S/C5H12O7P2/c6-5(4-14(10,11)12)2-1-3-13(7,8)9/h1-4H2,(H2,7,8,9)(H2,10,11,12)/p-4. The van der Waals surface area contributed by atoms with Crippen molar-refractivity contribution in [3.05, 3.63) is 0 Å². The molecular weight excluding hydrogens is 234 g/mol. The smallest absolute Gasteiger partial charge is 0.137 e. The third-order valence-corrected chi connectivity index (χ3v) is 2.86. The number of Topliss-reactive ketones (excluding diaryl/α,β-unsaturated/α-hetero) is 1. The van der Waals surface area contributed by atoms with Crippen LogP contribution in [0.5, 0.6) is 0 Å². The van der Waals surface area contributed by atoms with Crippen LogP contribution in [0.25, 0.3) is 0 Å². The zero-order chi connectivity index (χ0) is 11.4. The molecule has 0 N–H and O–H groups in total. The van der Waals surface area contributed by atoms with Crippen LogP contribution in [-0.4, -0.2) is 18.1 Å². The van der Waals surface area contributed by atoms with Crippen LogP contribution in [0.3, 0.4) is 0 Å². The molecule has 0 aliphatic heterocycles. The van der Waals surface area contributed by atoms with Gasteiger partial charge in [-0.15, -0.1) is 0 Å². The molecule has 0 bridgehead atoms. The number of hydrogen-bond acceptors (Lipinski definition) is 7. The van der Waals surface area contributed by atoms with E-state index < -0.39 is 33.3 Å². The van der Waals surface area contributed by atoms with Gasteiger partial charge in [0.2, 0.25) is 0 Å². The second kappa shape index (κ2) is 5.16. The van der Waals surface area contributed by atoms with Crippen molar-refractivity contribution >= 4 is 21.0 Å². The van der Waals surface area contributed by atoms with Crippen molar-refractivity contribution in [2.45, 2.75) is 12.8 Å². The van der Waals surface area contributed by atoms with Crippen LogP contribution in [0.1, 0.15) is 12.8 Å². The Morgan fingerprint density at radius 2 is 1.50 bits per heavy atom. The van der Waals surface area contributed by atoms with Crippen LogP contribution in [0.15, 0.2) is 0 Å². The van der Waals surface area contributed by atoms with Gasteiger partial charge in [0.1, 0.15) is 5.78 Å². The molecule has 0 aromatic carbocycles. The van der Waals surface area contributed by atoms with E-state index in [0.717, 1.165) is 0 Å². The Hall–Kier alpha value is -0.0300. The molecule has 0 unspecified atom stereocenters. The Morgan fingerprint density at radius 1 is 1.00 bits per heavy atom. The quantitative estimate of drug-likeness (QED) is 0.456. The molecule has 0 spiro atoms. The predicted octanol–water partition coefficient (Wildman–Crippen LogP) is -2.84. The summed E-state index contributed by atoms with van der Waals surface area (Å²) >= 11 is 0. The molecule has 0 saturated carbocycles. The predicted molar refractivity (Wildman–Crippen MR) is 39.2 cm³/mol. The summed E-state index contributed by atoms with van der Waals surface area (Å²) in [5.41, 5.74) is 0. The van der Waals surface area contributed by atoms with E-state index in [0.29, 0.717) is 0 Å². The largest absolute Gasteiger partial charge is 0.811 e. The van der Waals surface area contributed by atoms with Crippen LogP contribution in [-0.2, 0) is 13.9 Å². The summed E-state index contributed by atoms with van der Waals surface area (Å²) in [6.07, 6.45) is -2.47. The second-order valence-corrected chi connectivity index (χ2v) is 5.95. The number of carbonyl (C=O) groups excluding carboxylic acids is 1. The minimum absolute atomic E-state index is 0.247. The fourth-order valence-electron chi connectivity index (χ4n) is 0.765. The highest BCUT2D eigenvalue weighted by Crippen LogP contribution is 2.26. The van der Waals surface area contributed by atoms with Crippen molar-refractivity contribution in [2.75, 3.05) is 12.3 Å². The molecule has 9 heteroatoms. The Kier molecular flexibility index (Phi) is 5.15. The fourth-order valence-corrected chi connectivity index (χ4v) is 1.90. The van der Waals surface area contributed by atoms with Crippen LogP contribution < -0.4 is 19.6 Å². The van der Waals surface area contributed by atoms with Crippen LogP contribution in [0.2, 0.25) is 0 Å².